The second-order valence-electron chi connectivity index (χ2n) is 3.16. The first-order valence-corrected chi connectivity index (χ1v) is 4.73. The Kier molecular flexibility index (Phi) is 3.84. The molecule has 0 aromatic heterocycles. The summed E-state index contributed by atoms with van der Waals surface area (Å²) in [6.07, 6.45) is 0. The van der Waals surface area contributed by atoms with Gasteiger partial charge in [0.15, 0.2) is 0 Å². The average molecular weight is 212 g/mol. The number of ether oxygens (including phenoxy) is 1. The van der Waals surface area contributed by atoms with Crippen LogP contribution >= 0.6 is 11.6 Å². The van der Waals surface area contributed by atoms with Crippen molar-refractivity contribution in [2.24, 2.45) is 0 Å². The van der Waals surface area contributed by atoms with Gasteiger partial charge in [-0.1, -0.05) is 23.8 Å². The number of anilines is 1. The van der Waals surface area contributed by atoms with Gasteiger partial charge in [-0.15, -0.1) is 0 Å². The van der Waals surface area contributed by atoms with Crippen molar-refractivity contribution < 1.29 is 4.74 Å². The molecule has 0 radical (unpaired) electrons. The smallest absolute Gasteiger partial charge is 0.142 e. The summed E-state index contributed by atoms with van der Waals surface area (Å²) in [5.41, 5.74) is 1.95. The van der Waals surface area contributed by atoms with Gasteiger partial charge < -0.3 is 10.1 Å². The van der Waals surface area contributed by atoms with Gasteiger partial charge in [-0.05, 0) is 25.1 Å². The Hall–Kier alpha value is -1.15. The first-order chi connectivity index (χ1) is 6.63. The molecular formula is C11H14ClNO. The fourth-order valence-electron chi connectivity index (χ4n) is 1.06. The highest BCUT2D eigenvalue weighted by Crippen LogP contribution is 2.27. The van der Waals surface area contributed by atoms with E-state index in [0.717, 1.165) is 23.6 Å². The maximum absolute atomic E-state index is 5.87. The molecule has 0 unspecified atom stereocenters. The summed E-state index contributed by atoms with van der Waals surface area (Å²) >= 11 is 5.87. The fourth-order valence-corrected chi connectivity index (χ4v) is 1.24. The van der Waals surface area contributed by atoms with Gasteiger partial charge in [0.1, 0.15) is 5.75 Å². The third-order valence-corrected chi connectivity index (χ3v) is 1.98. The van der Waals surface area contributed by atoms with Crippen molar-refractivity contribution in [2.45, 2.75) is 6.92 Å². The zero-order valence-corrected chi connectivity index (χ0v) is 9.19. The van der Waals surface area contributed by atoms with Crippen LogP contribution < -0.4 is 10.1 Å². The molecule has 0 heterocycles. The van der Waals surface area contributed by atoms with Crippen molar-refractivity contribution >= 4 is 17.3 Å². The highest BCUT2D eigenvalue weighted by molar-refractivity contribution is 6.30. The van der Waals surface area contributed by atoms with Gasteiger partial charge in [-0.25, -0.2) is 0 Å². The fraction of sp³-hybridized carbons (Fsp3) is 0.273. The van der Waals surface area contributed by atoms with Gasteiger partial charge in [-0.2, -0.15) is 0 Å². The zero-order chi connectivity index (χ0) is 10.6. The molecule has 76 valence electrons. The molecule has 0 amide bonds. The molecule has 0 aliphatic rings. The summed E-state index contributed by atoms with van der Waals surface area (Å²) in [6.45, 7) is 6.49. The SMILES string of the molecule is C=C(C)CNc1cc(Cl)ccc1OC. The largest absolute Gasteiger partial charge is 0.495 e. The highest BCUT2D eigenvalue weighted by Gasteiger charge is 2.02. The molecule has 3 heteroatoms. The van der Waals surface area contributed by atoms with Crippen molar-refractivity contribution in [3.8, 4) is 5.75 Å². The van der Waals surface area contributed by atoms with Crippen molar-refractivity contribution in [2.75, 3.05) is 19.0 Å². The second kappa shape index (κ2) is 4.91. The van der Waals surface area contributed by atoms with E-state index in [0.29, 0.717) is 5.02 Å². The molecule has 0 bridgehead atoms. The molecule has 14 heavy (non-hydrogen) atoms. The van der Waals surface area contributed by atoms with E-state index < -0.39 is 0 Å². The average Bonchev–Trinajstić information content (AvgIpc) is 2.15. The first kappa shape index (κ1) is 10.9. The number of hydrogen-bond acceptors (Lipinski definition) is 2. The molecule has 1 aromatic carbocycles. The minimum absolute atomic E-state index is 0.690. The van der Waals surface area contributed by atoms with Crippen LogP contribution in [0.25, 0.3) is 0 Å². The Morgan fingerprint density at radius 1 is 1.57 bits per heavy atom. The molecule has 1 rings (SSSR count). The lowest BCUT2D eigenvalue weighted by atomic mass is 10.2. The van der Waals surface area contributed by atoms with Gasteiger partial charge in [0, 0.05) is 11.6 Å². The first-order valence-electron chi connectivity index (χ1n) is 4.35. The van der Waals surface area contributed by atoms with Gasteiger partial charge in [-0.3, -0.25) is 0 Å². The summed E-state index contributed by atoms with van der Waals surface area (Å²) in [6, 6.07) is 5.47. The summed E-state index contributed by atoms with van der Waals surface area (Å²) in [7, 11) is 1.63. The maximum atomic E-state index is 5.87. The third-order valence-electron chi connectivity index (χ3n) is 1.74. The van der Waals surface area contributed by atoms with Crippen LogP contribution in [0.2, 0.25) is 5.02 Å². The lowest BCUT2D eigenvalue weighted by Gasteiger charge is -2.11. The maximum Gasteiger partial charge on any atom is 0.142 e. The Labute approximate surface area is 89.5 Å². The molecular weight excluding hydrogens is 198 g/mol. The quantitative estimate of drug-likeness (QED) is 0.772. The van der Waals surface area contributed by atoms with E-state index in [2.05, 4.69) is 11.9 Å². The van der Waals surface area contributed by atoms with E-state index in [9.17, 15) is 0 Å². The van der Waals surface area contributed by atoms with E-state index in [1.54, 1.807) is 13.2 Å². The van der Waals surface area contributed by atoms with E-state index in [1.807, 2.05) is 19.1 Å². The molecule has 0 aliphatic heterocycles. The highest BCUT2D eigenvalue weighted by atomic mass is 35.5. The van der Waals surface area contributed by atoms with Gasteiger partial charge in [0.25, 0.3) is 0 Å². The monoisotopic (exact) mass is 211 g/mol. The Bertz CT molecular complexity index is 336. The van der Waals surface area contributed by atoms with Gasteiger partial charge >= 0.3 is 0 Å². The molecule has 0 spiro atoms. The van der Waals surface area contributed by atoms with Gasteiger partial charge in [0.2, 0.25) is 0 Å². The van der Waals surface area contributed by atoms with Crippen molar-refractivity contribution in [1.29, 1.82) is 0 Å². The molecule has 1 N–H and O–H groups in total. The Morgan fingerprint density at radius 2 is 2.29 bits per heavy atom. The molecule has 0 saturated carbocycles. The Balaban J connectivity index is 2.82. The summed E-state index contributed by atoms with van der Waals surface area (Å²) < 4.78 is 5.18. The molecule has 1 aromatic rings. The molecule has 0 fully saturated rings. The predicted molar refractivity (Wildman–Crippen MR) is 61.3 cm³/mol. The van der Waals surface area contributed by atoms with Crippen LogP contribution in [0.1, 0.15) is 6.92 Å². The summed E-state index contributed by atoms with van der Waals surface area (Å²) in [4.78, 5) is 0. The van der Waals surface area contributed by atoms with Gasteiger partial charge in [0.05, 0.1) is 12.8 Å². The van der Waals surface area contributed by atoms with Crippen molar-refractivity contribution in [3.63, 3.8) is 0 Å². The number of methoxy groups -OCH3 is 1. The number of halogens is 1. The number of hydrogen-bond donors (Lipinski definition) is 1. The predicted octanol–water partition coefficient (Wildman–Crippen LogP) is 3.34. The normalized spacial score (nSPS) is 9.64. The minimum atomic E-state index is 0.690. The Morgan fingerprint density at radius 3 is 2.86 bits per heavy atom. The standard InChI is InChI=1S/C11H14ClNO/c1-8(2)7-13-10-6-9(12)4-5-11(10)14-3/h4-6,13H,1,7H2,2-3H3. The van der Waals surface area contributed by atoms with E-state index in [1.165, 1.54) is 0 Å². The number of nitrogens with one attached hydrogen (secondary N) is 1. The van der Waals surface area contributed by atoms with Crippen LogP contribution in [-0.4, -0.2) is 13.7 Å². The lowest BCUT2D eigenvalue weighted by Crippen LogP contribution is -2.03. The van der Waals surface area contributed by atoms with E-state index >= 15 is 0 Å². The van der Waals surface area contributed by atoms with Crippen LogP contribution in [0.3, 0.4) is 0 Å². The zero-order valence-electron chi connectivity index (χ0n) is 8.43. The number of rotatable bonds is 4. The third kappa shape index (κ3) is 2.96. The van der Waals surface area contributed by atoms with E-state index in [4.69, 9.17) is 16.3 Å². The topological polar surface area (TPSA) is 21.3 Å². The molecule has 0 aliphatic carbocycles. The van der Waals surface area contributed by atoms with E-state index in [-0.39, 0.29) is 0 Å². The second-order valence-corrected chi connectivity index (χ2v) is 3.59. The lowest BCUT2D eigenvalue weighted by molar-refractivity contribution is 0.416. The molecule has 2 nitrogen and oxygen atoms in total. The minimum Gasteiger partial charge on any atom is -0.495 e. The van der Waals surface area contributed by atoms with Crippen LogP contribution in [0.5, 0.6) is 5.75 Å². The van der Waals surface area contributed by atoms with Crippen LogP contribution in [-0.2, 0) is 0 Å². The van der Waals surface area contributed by atoms with Crippen molar-refractivity contribution in [1.82, 2.24) is 0 Å². The molecule has 0 saturated heterocycles. The van der Waals surface area contributed by atoms with Crippen molar-refractivity contribution in [3.05, 3.63) is 35.4 Å². The number of benzene rings is 1. The van der Waals surface area contributed by atoms with Crippen LogP contribution in [0.4, 0.5) is 5.69 Å². The summed E-state index contributed by atoms with van der Waals surface area (Å²) in [5, 5.41) is 3.89. The van der Waals surface area contributed by atoms with Crippen LogP contribution in [0.15, 0.2) is 30.4 Å². The van der Waals surface area contributed by atoms with Crippen LogP contribution in [0, 0.1) is 0 Å². The summed E-state index contributed by atoms with van der Waals surface area (Å²) in [5.74, 6) is 0.788. The molecule has 0 atom stereocenters.